The summed E-state index contributed by atoms with van der Waals surface area (Å²) in [6.45, 7) is 7.55. The summed E-state index contributed by atoms with van der Waals surface area (Å²) in [5.74, 6) is -2.18. The normalized spacial score (nSPS) is 13.2. The van der Waals surface area contributed by atoms with Crippen LogP contribution < -0.4 is 21.2 Å². The maximum Gasteiger partial charge on any atom is 0.475 e. The third-order valence-electron chi connectivity index (χ3n) is 5.33. The minimum absolute atomic E-state index is 0.0972. The molecule has 6 N–H and O–H groups in total. The molecule has 1 rings (SSSR count). The number of carbonyl (C=O) groups excluding carboxylic acids is 2. The minimum Gasteiger partial charge on any atom is -0.486 e. The Labute approximate surface area is 205 Å². The Hall–Kier alpha value is -3.19. The summed E-state index contributed by atoms with van der Waals surface area (Å²) < 4.78 is 5.58. The van der Waals surface area contributed by atoms with Crippen LogP contribution >= 0.6 is 0 Å². The topological polar surface area (TPSA) is 189 Å². The molecule has 12 nitrogen and oxygen atoms in total. The number of benzene rings is 1. The first-order valence-corrected chi connectivity index (χ1v) is 11.5. The zero-order valence-corrected chi connectivity index (χ0v) is 20.7. The van der Waals surface area contributed by atoms with Gasteiger partial charge in [0.05, 0.1) is 5.94 Å². The molecule has 0 fully saturated rings. The van der Waals surface area contributed by atoms with E-state index in [9.17, 15) is 29.8 Å². The van der Waals surface area contributed by atoms with Crippen LogP contribution in [0.3, 0.4) is 0 Å². The molecule has 0 saturated carbocycles. The summed E-state index contributed by atoms with van der Waals surface area (Å²) in [7, 11) is -1.75. The highest BCUT2D eigenvalue weighted by atomic mass is 16.7. The molecule has 0 radical (unpaired) electrons. The number of guanidine groups is 1. The lowest BCUT2D eigenvalue weighted by Crippen LogP contribution is -2.49. The molecule has 0 spiro atoms. The summed E-state index contributed by atoms with van der Waals surface area (Å²) in [5, 5.41) is 31.4. The van der Waals surface area contributed by atoms with E-state index < -0.39 is 29.9 Å². The first kappa shape index (κ1) is 29.8. The number of hydrazine groups is 1. The van der Waals surface area contributed by atoms with E-state index in [1.165, 1.54) is 0 Å². The van der Waals surface area contributed by atoms with Crippen molar-refractivity contribution >= 4 is 24.8 Å². The lowest BCUT2D eigenvalue weighted by molar-refractivity contribution is -0.525. The van der Waals surface area contributed by atoms with E-state index in [0.717, 1.165) is 11.1 Å². The van der Waals surface area contributed by atoms with Crippen molar-refractivity contribution in [3.05, 3.63) is 39.4 Å². The Kier molecular flexibility index (Phi) is 12.7. The highest BCUT2D eigenvalue weighted by Crippen LogP contribution is 2.18. The average Bonchev–Trinajstić information content (AvgIpc) is 2.75. The molecule has 0 saturated heterocycles. The van der Waals surface area contributed by atoms with Crippen molar-refractivity contribution < 1.29 is 29.4 Å². The van der Waals surface area contributed by atoms with Gasteiger partial charge in [-0.15, -0.1) is 0 Å². The molecule has 2 atom stereocenters. The second-order valence-corrected chi connectivity index (χ2v) is 8.91. The van der Waals surface area contributed by atoms with Gasteiger partial charge in [0, 0.05) is 18.9 Å². The van der Waals surface area contributed by atoms with Gasteiger partial charge in [0.2, 0.25) is 5.91 Å². The second kappa shape index (κ2) is 14.9. The fraction of sp³-hybridized carbons (Fsp3) is 0.591. The number of nitrogens with two attached hydrogens (primary N) is 1. The van der Waals surface area contributed by atoms with Gasteiger partial charge in [0.25, 0.3) is 5.96 Å². The van der Waals surface area contributed by atoms with Gasteiger partial charge in [0.15, 0.2) is 10.8 Å². The lowest BCUT2D eigenvalue weighted by atomic mass is 9.74. The molecule has 0 aliphatic carbocycles. The molecule has 0 heterocycles. The first-order valence-electron chi connectivity index (χ1n) is 11.5. The predicted molar refractivity (Wildman–Crippen MR) is 132 cm³/mol. The van der Waals surface area contributed by atoms with Gasteiger partial charge in [-0.2, -0.15) is 0 Å². The number of aryl methyl sites for hydroxylation is 2. The van der Waals surface area contributed by atoms with Gasteiger partial charge in [-0.05, 0) is 62.3 Å². The van der Waals surface area contributed by atoms with Crippen molar-refractivity contribution in [2.75, 3.05) is 13.2 Å². The summed E-state index contributed by atoms with van der Waals surface area (Å²) in [6.07, 6.45) is 0.763. The number of rotatable bonds is 15. The summed E-state index contributed by atoms with van der Waals surface area (Å²) >= 11 is 0. The summed E-state index contributed by atoms with van der Waals surface area (Å²) in [5.41, 5.74) is 9.23. The summed E-state index contributed by atoms with van der Waals surface area (Å²) in [6, 6.07) is 5.48. The van der Waals surface area contributed by atoms with Gasteiger partial charge in [-0.3, -0.25) is 9.59 Å². The number of carbonyl (C=O) groups is 2. The molecular formula is C22H36BN5O7. The largest absolute Gasteiger partial charge is 0.486 e. The number of nitrogens with zero attached hydrogens (tertiary/aromatic N) is 2. The van der Waals surface area contributed by atoms with Crippen molar-refractivity contribution in [2.45, 2.75) is 59.3 Å². The van der Waals surface area contributed by atoms with E-state index in [1.54, 1.807) is 11.5 Å². The monoisotopic (exact) mass is 493 g/mol. The van der Waals surface area contributed by atoms with Crippen molar-refractivity contribution in [2.24, 2.45) is 22.6 Å². The molecule has 0 aromatic heterocycles. The quantitative estimate of drug-likeness (QED) is 0.0584. The Morgan fingerprint density at radius 1 is 1.26 bits per heavy atom. The molecule has 194 valence electrons. The fourth-order valence-electron chi connectivity index (χ4n) is 3.36. The van der Waals surface area contributed by atoms with Gasteiger partial charge in [0.1, 0.15) is 12.4 Å². The van der Waals surface area contributed by atoms with Gasteiger partial charge < -0.3 is 25.8 Å². The van der Waals surface area contributed by atoms with E-state index >= 15 is 0 Å². The van der Waals surface area contributed by atoms with Crippen LogP contribution in [0.15, 0.2) is 23.2 Å². The second-order valence-electron chi connectivity index (χ2n) is 8.91. The number of ketones is 1. The summed E-state index contributed by atoms with van der Waals surface area (Å²) in [4.78, 5) is 39.7. The standard InChI is InChI=1S/C22H36BN5O7/c1-14(2)10-20(23(31)32)26-21(30)17(6-5-9-25-22(24)27-28(33)34)12-18(29)13-35-19-8-7-15(3)16(4)11-19/h7-8,11,14,17,20,31-32H,5-6,9-10,12-13H2,1-4H3,(H,26,30)(H3,24,25,27)/t17-,20+/m1/s1. The number of aliphatic imine (C=N–C) groups is 1. The van der Waals surface area contributed by atoms with Crippen LogP contribution in [-0.4, -0.2) is 58.9 Å². The van der Waals surface area contributed by atoms with E-state index in [-0.39, 0.29) is 43.7 Å². The minimum atomic E-state index is -1.75. The lowest BCUT2D eigenvalue weighted by Gasteiger charge is -2.23. The van der Waals surface area contributed by atoms with Crippen LogP contribution in [0.2, 0.25) is 0 Å². The molecular weight excluding hydrogens is 457 g/mol. The Bertz CT molecular complexity index is 895. The maximum absolute atomic E-state index is 12.9. The number of nitrogens with one attached hydrogen (secondary N) is 2. The van der Waals surface area contributed by atoms with Crippen molar-refractivity contribution in [3.8, 4) is 5.75 Å². The predicted octanol–water partition coefficient (Wildman–Crippen LogP) is 0.677. The van der Waals surface area contributed by atoms with Crippen LogP contribution in [-0.2, 0) is 9.59 Å². The van der Waals surface area contributed by atoms with Crippen molar-refractivity contribution in [3.63, 3.8) is 0 Å². The van der Waals surface area contributed by atoms with Gasteiger partial charge in [-0.1, -0.05) is 25.3 Å². The smallest absolute Gasteiger partial charge is 0.475 e. The zero-order valence-electron chi connectivity index (χ0n) is 20.7. The Morgan fingerprint density at radius 2 is 1.94 bits per heavy atom. The fourth-order valence-corrected chi connectivity index (χ4v) is 3.36. The molecule has 0 aliphatic rings. The zero-order chi connectivity index (χ0) is 26.5. The number of nitro groups is 1. The molecule has 1 aromatic rings. The van der Waals surface area contributed by atoms with Crippen LogP contribution in [0.25, 0.3) is 0 Å². The van der Waals surface area contributed by atoms with E-state index in [0.29, 0.717) is 18.6 Å². The molecule has 13 heteroatoms. The first-order chi connectivity index (χ1) is 16.4. The Balaban J connectivity index is 2.81. The third-order valence-corrected chi connectivity index (χ3v) is 5.33. The molecule has 0 aliphatic heterocycles. The van der Waals surface area contributed by atoms with Crippen molar-refractivity contribution in [1.82, 2.24) is 10.7 Å². The SMILES string of the molecule is Cc1ccc(OCC(=O)C[C@@H](CCCN=C(N)N[N+](=O)[O-])C(=O)N[C@@H](CC(C)C)B(O)O)cc1C. The maximum atomic E-state index is 12.9. The highest BCUT2D eigenvalue weighted by Gasteiger charge is 2.30. The number of ether oxygens (including phenoxy) is 1. The molecule has 1 amide bonds. The molecule has 0 bridgehead atoms. The van der Waals surface area contributed by atoms with E-state index in [1.807, 2.05) is 39.8 Å². The van der Waals surface area contributed by atoms with E-state index in [4.69, 9.17) is 10.5 Å². The van der Waals surface area contributed by atoms with Crippen LogP contribution in [0.5, 0.6) is 5.75 Å². The number of hydrogen-bond donors (Lipinski definition) is 5. The van der Waals surface area contributed by atoms with Crippen LogP contribution in [0, 0.1) is 35.8 Å². The highest BCUT2D eigenvalue weighted by molar-refractivity contribution is 6.43. The van der Waals surface area contributed by atoms with E-state index in [2.05, 4.69) is 10.3 Å². The molecule has 1 aromatic carbocycles. The van der Waals surface area contributed by atoms with Crippen molar-refractivity contribution in [1.29, 1.82) is 0 Å². The van der Waals surface area contributed by atoms with Crippen LogP contribution in [0.4, 0.5) is 0 Å². The van der Waals surface area contributed by atoms with Gasteiger partial charge >= 0.3 is 7.12 Å². The Morgan fingerprint density at radius 3 is 2.51 bits per heavy atom. The van der Waals surface area contributed by atoms with Gasteiger partial charge in [-0.25, -0.2) is 15.1 Å². The number of amides is 1. The number of hydrogen-bond acceptors (Lipinski definition) is 8. The average molecular weight is 493 g/mol. The molecule has 35 heavy (non-hydrogen) atoms. The molecule has 0 unspecified atom stereocenters. The third kappa shape index (κ3) is 12.2. The number of Topliss-reactive ketones (excluding diaryl/α,β-unsaturated/α-hetero) is 1. The van der Waals surface area contributed by atoms with Crippen LogP contribution in [0.1, 0.15) is 50.7 Å².